The number of thioether (sulfide) groups is 1. The van der Waals surface area contributed by atoms with Crippen molar-refractivity contribution in [3.8, 4) is 0 Å². The highest BCUT2D eigenvalue weighted by Gasteiger charge is 2.03. The van der Waals surface area contributed by atoms with E-state index in [4.69, 9.17) is 0 Å². The standard InChI is InChI=1S/C10H18N4S/c1-8-7-12-10(11-2)13-9(8)15-6-5-14(3)4/h7H,5-6H2,1-4H3,(H,11,12,13). The Kier molecular flexibility index (Phi) is 4.84. The molecular formula is C10H18N4S. The van der Waals surface area contributed by atoms with Crippen molar-refractivity contribution in [2.45, 2.75) is 11.9 Å². The maximum atomic E-state index is 4.41. The van der Waals surface area contributed by atoms with Gasteiger partial charge in [0.2, 0.25) is 5.95 Å². The second-order valence-corrected chi connectivity index (χ2v) is 4.67. The van der Waals surface area contributed by atoms with Crippen molar-refractivity contribution in [2.75, 3.05) is 38.8 Å². The molecule has 1 aromatic heterocycles. The highest BCUT2D eigenvalue weighted by atomic mass is 32.2. The van der Waals surface area contributed by atoms with Gasteiger partial charge in [-0.05, 0) is 26.6 Å². The summed E-state index contributed by atoms with van der Waals surface area (Å²) < 4.78 is 0. The second kappa shape index (κ2) is 5.92. The first-order valence-corrected chi connectivity index (χ1v) is 5.91. The predicted octanol–water partition coefficient (Wildman–Crippen LogP) is 1.48. The molecule has 84 valence electrons. The van der Waals surface area contributed by atoms with E-state index in [-0.39, 0.29) is 0 Å². The molecule has 0 radical (unpaired) electrons. The summed E-state index contributed by atoms with van der Waals surface area (Å²) in [4.78, 5) is 10.7. The van der Waals surface area contributed by atoms with E-state index in [1.807, 2.05) is 20.2 Å². The number of anilines is 1. The summed E-state index contributed by atoms with van der Waals surface area (Å²) >= 11 is 1.77. The van der Waals surface area contributed by atoms with Gasteiger partial charge in [-0.25, -0.2) is 9.97 Å². The minimum absolute atomic E-state index is 0.688. The van der Waals surface area contributed by atoms with Gasteiger partial charge in [0.05, 0.1) is 0 Å². The van der Waals surface area contributed by atoms with Crippen molar-refractivity contribution in [1.82, 2.24) is 14.9 Å². The van der Waals surface area contributed by atoms with E-state index in [1.54, 1.807) is 11.8 Å². The Morgan fingerprint density at radius 1 is 1.47 bits per heavy atom. The van der Waals surface area contributed by atoms with Gasteiger partial charge in [0.1, 0.15) is 5.03 Å². The highest BCUT2D eigenvalue weighted by molar-refractivity contribution is 7.99. The van der Waals surface area contributed by atoms with Crippen molar-refractivity contribution in [2.24, 2.45) is 0 Å². The molecule has 5 heteroatoms. The zero-order valence-electron chi connectivity index (χ0n) is 9.74. The van der Waals surface area contributed by atoms with Crippen LogP contribution < -0.4 is 5.32 Å². The molecule has 1 rings (SSSR count). The molecule has 0 amide bonds. The van der Waals surface area contributed by atoms with Gasteiger partial charge in [-0.1, -0.05) is 0 Å². The molecule has 0 bridgehead atoms. The third kappa shape index (κ3) is 4.05. The van der Waals surface area contributed by atoms with E-state index in [0.29, 0.717) is 5.95 Å². The molecule has 0 unspecified atom stereocenters. The SMILES string of the molecule is CNc1ncc(C)c(SCCN(C)C)n1. The first kappa shape index (κ1) is 12.3. The Hall–Kier alpha value is -0.810. The Morgan fingerprint density at radius 2 is 2.20 bits per heavy atom. The topological polar surface area (TPSA) is 41.1 Å². The van der Waals surface area contributed by atoms with E-state index < -0.39 is 0 Å². The smallest absolute Gasteiger partial charge is 0.223 e. The molecule has 1 N–H and O–H groups in total. The van der Waals surface area contributed by atoms with Crippen LogP contribution in [0, 0.1) is 6.92 Å². The Morgan fingerprint density at radius 3 is 2.80 bits per heavy atom. The molecule has 0 fully saturated rings. The van der Waals surface area contributed by atoms with Crippen LogP contribution in [0.1, 0.15) is 5.56 Å². The number of rotatable bonds is 5. The van der Waals surface area contributed by atoms with E-state index in [0.717, 1.165) is 22.9 Å². The van der Waals surface area contributed by atoms with Gasteiger partial charge >= 0.3 is 0 Å². The minimum atomic E-state index is 0.688. The number of aryl methyl sites for hydroxylation is 1. The molecule has 1 heterocycles. The Bertz CT molecular complexity index is 314. The summed E-state index contributed by atoms with van der Waals surface area (Å²) in [6.07, 6.45) is 1.86. The number of hydrogen-bond donors (Lipinski definition) is 1. The van der Waals surface area contributed by atoms with Crippen molar-refractivity contribution < 1.29 is 0 Å². The molecule has 15 heavy (non-hydrogen) atoms. The van der Waals surface area contributed by atoms with Gasteiger partial charge < -0.3 is 10.2 Å². The van der Waals surface area contributed by atoms with Crippen LogP contribution in [-0.2, 0) is 0 Å². The van der Waals surface area contributed by atoms with Crippen LogP contribution >= 0.6 is 11.8 Å². The van der Waals surface area contributed by atoms with Gasteiger partial charge in [-0.2, -0.15) is 0 Å². The fourth-order valence-electron chi connectivity index (χ4n) is 1.02. The maximum absolute atomic E-state index is 4.41. The lowest BCUT2D eigenvalue weighted by atomic mass is 10.4. The zero-order chi connectivity index (χ0) is 11.3. The van der Waals surface area contributed by atoms with Crippen LogP contribution in [0.15, 0.2) is 11.2 Å². The first-order valence-electron chi connectivity index (χ1n) is 4.92. The molecule has 0 aliphatic carbocycles. The van der Waals surface area contributed by atoms with Gasteiger partial charge in [0.25, 0.3) is 0 Å². The molecule has 0 aromatic carbocycles. The number of aromatic nitrogens is 2. The fraction of sp³-hybridized carbons (Fsp3) is 0.600. The van der Waals surface area contributed by atoms with Crippen molar-refractivity contribution in [3.05, 3.63) is 11.8 Å². The summed E-state index contributed by atoms with van der Waals surface area (Å²) in [5, 5.41) is 4.01. The lowest BCUT2D eigenvalue weighted by molar-refractivity contribution is 0.437. The molecule has 0 aliphatic rings. The van der Waals surface area contributed by atoms with Crippen molar-refractivity contribution >= 4 is 17.7 Å². The molecule has 0 saturated carbocycles. The second-order valence-electron chi connectivity index (χ2n) is 3.58. The van der Waals surface area contributed by atoms with E-state index >= 15 is 0 Å². The van der Waals surface area contributed by atoms with E-state index in [2.05, 4.69) is 34.3 Å². The first-order chi connectivity index (χ1) is 7.13. The third-order valence-electron chi connectivity index (χ3n) is 1.93. The quantitative estimate of drug-likeness (QED) is 0.608. The molecule has 0 saturated heterocycles. The number of nitrogens with one attached hydrogen (secondary N) is 1. The fourth-order valence-corrected chi connectivity index (χ4v) is 2.10. The van der Waals surface area contributed by atoms with Crippen LogP contribution in [-0.4, -0.2) is 48.3 Å². The molecule has 4 nitrogen and oxygen atoms in total. The Balaban J connectivity index is 2.59. The van der Waals surface area contributed by atoms with Crippen LogP contribution in [0.2, 0.25) is 0 Å². The summed E-state index contributed by atoms with van der Waals surface area (Å²) in [6, 6.07) is 0. The lowest BCUT2D eigenvalue weighted by Gasteiger charge is -2.10. The molecule has 0 spiro atoms. The predicted molar refractivity (Wildman–Crippen MR) is 65.6 cm³/mol. The third-order valence-corrected chi connectivity index (χ3v) is 3.00. The largest absolute Gasteiger partial charge is 0.357 e. The van der Waals surface area contributed by atoms with E-state index in [9.17, 15) is 0 Å². The lowest BCUT2D eigenvalue weighted by Crippen LogP contribution is -2.15. The van der Waals surface area contributed by atoms with Gasteiger partial charge in [0, 0.05) is 25.5 Å². The summed E-state index contributed by atoms with van der Waals surface area (Å²) in [5.74, 6) is 1.74. The van der Waals surface area contributed by atoms with Crippen LogP contribution in [0.4, 0.5) is 5.95 Å². The van der Waals surface area contributed by atoms with Crippen molar-refractivity contribution in [3.63, 3.8) is 0 Å². The van der Waals surface area contributed by atoms with Gasteiger partial charge in [-0.15, -0.1) is 11.8 Å². The maximum Gasteiger partial charge on any atom is 0.223 e. The normalized spacial score (nSPS) is 10.7. The molecule has 0 atom stereocenters. The van der Waals surface area contributed by atoms with Gasteiger partial charge in [-0.3, -0.25) is 0 Å². The highest BCUT2D eigenvalue weighted by Crippen LogP contribution is 2.20. The van der Waals surface area contributed by atoms with Crippen LogP contribution in [0.5, 0.6) is 0 Å². The zero-order valence-corrected chi connectivity index (χ0v) is 10.6. The van der Waals surface area contributed by atoms with E-state index in [1.165, 1.54) is 0 Å². The average Bonchev–Trinajstić information content (AvgIpc) is 2.20. The minimum Gasteiger partial charge on any atom is -0.357 e. The van der Waals surface area contributed by atoms with Gasteiger partial charge in [0.15, 0.2) is 0 Å². The average molecular weight is 226 g/mol. The monoisotopic (exact) mass is 226 g/mol. The number of nitrogens with zero attached hydrogens (tertiary/aromatic N) is 3. The molecular weight excluding hydrogens is 208 g/mol. The summed E-state index contributed by atoms with van der Waals surface area (Å²) in [5.41, 5.74) is 1.14. The molecule has 0 aliphatic heterocycles. The van der Waals surface area contributed by atoms with Crippen molar-refractivity contribution in [1.29, 1.82) is 0 Å². The summed E-state index contributed by atoms with van der Waals surface area (Å²) in [7, 11) is 5.98. The Labute approximate surface area is 95.5 Å². The summed E-state index contributed by atoms with van der Waals surface area (Å²) in [6.45, 7) is 3.10. The molecule has 1 aromatic rings. The van der Waals surface area contributed by atoms with Crippen LogP contribution in [0.25, 0.3) is 0 Å². The number of hydrogen-bond acceptors (Lipinski definition) is 5. The van der Waals surface area contributed by atoms with Crippen LogP contribution in [0.3, 0.4) is 0 Å².